The number of aromatic nitrogens is 5. The van der Waals surface area contributed by atoms with E-state index in [4.69, 9.17) is 27.6 Å². The molecule has 0 fully saturated rings. The lowest BCUT2D eigenvalue weighted by molar-refractivity contribution is 0.669. The van der Waals surface area contributed by atoms with Crippen LogP contribution < -0.4 is 0 Å². The Bertz CT molecular complexity index is 3430. The van der Waals surface area contributed by atoms with E-state index < -0.39 is 0 Å². The first kappa shape index (κ1) is 22.6. The van der Waals surface area contributed by atoms with Crippen LogP contribution in [0, 0.1) is 0 Å². The summed E-state index contributed by atoms with van der Waals surface area (Å²) < 4.78 is 63.1. The molecule has 0 unspecified atom stereocenters. The van der Waals surface area contributed by atoms with E-state index in [0.29, 0.717) is 22.8 Å². The third kappa shape index (κ3) is 4.14. The Morgan fingerprint density at radius 2 is 1.16 bits per heavy atom. The zero-order valence-corrected chi connectivity index (χ0v) is 26.8. The standard InChI is InChI=1S/C45H27N5O/c1-2-13-29(14-3-1)49-38-22-10-6-18-34(38)42-35(19-12-23-39(42)49)44-46-43(28-25-26-33-32-17-7-11-24-40(32)51-41(33)27-28)47-45(48-44)50-36-20-8-4-15-30(36)31-16-5-9-21-37(31)50/h1-27H/i4D,5D,15D,16D,20D,21D. The molecule has 0 radical (unpaired) electrons. The summed E-state index contributed by atoms with van der Waals surface area (Å²) in [6.07, 6.45) is 0. The Kier molecular flexibility index (Phi) is 4.74. The number of benzene rings is 7. The minimum Gasteiger partial charge on any atom is -0.456 e. The van der Waals surface area contributed by atoms with Crippen molar-refractivity contribution in [2.75, 3.05) is 0 Å². The summed E-state index contributed by atoms with van der Waals surface area (Å²) in [6.45, 7) is 0. The predicted octanol–water partition coefficient (Wildman–Crippen LogP) is 11.3. The molecule has 7 aromatic carbocycles. The van der Waals surface area contributed by atoms with Crippen LogP contribution in [-0.4, -0.2) is 24.1 Å². The van der Waals surface area contributed by atoms with Crippen LogP contribution in [0.25, 0.3) is 100.0 Å². The van der Waals surface area contributed by atoms with Crippen LogP contribution >= 0.6 is 0 Å². The second-order valence-corrected chi connectivity index (χ2v) is 12.4. The minimum atomic E-state index is -0.216. The van der Waals surface area contributed by atoms with E-state index >= 15 is 0 Å². The number of fused-ring (bicyclic) bond motifs is 9. The molecule has 0 N–H and O–H groups in total. The van der Waals surface area contributed by atoms with Crippen LogP contribution in [0.3, 0.4) is 0 Å². The van der Waals surface area contributed by atoms with Gasteiger partial charge in [-0.05, 0) is 54.5 Å². The van der Waals surface area contributed by atoms with Gasteiger partial charge in [0.05, 0.1) is 30.3 Å². The van der Waals surface area contributed by atoms with Crippen molar-refractivity contribution in [3.8, 4) is 34.4 Å². The molecule has 0 aliphatic heterocycles. The third-order valence-corrected chi connectivity index (χ3v) is 9.54. The summed E-state index contributed by atoms with van der Waals surface area (Å²) in [5.74, 6) is 0.668. The van der Waals surface area contributed by atoms with Gasteiger partial charge in [0.15, 0.2) is 11.6 Å². The van der Waals surface area contributed by atoms with E-state index in [1.165, 1.54) is 16.7 Å². The lowest BCUT2D eigenvalue weighted by Crippen LogP contribution is -2.06. The van der Waals surface area contributed by atoms with Gasteiger partial charge in [0.25, 0.3) is 0 Å². The number of furan rings is 1. The maximum absolute atomic E-state index is 9.10. The normalized spacial score (nSPS) is 13.6. The van der Waals surface area contributed by atoms with E-state index in [0.717, 1.165) is 49.4 Å². The molecule has 4 heterocycles. The molecule has 0 aliphatic carbocycles. The van der Waals surface area contributed by atoms with Gasteiger partial charge in [-0.15, -0.1) is 0 Å². The van der Waals surface area contributed by atoms with Gasteiger partial charge < -0.3 is 8.98 Å². The fourth-order valence-electron chi connectivity index (χ4n) is 7.35. The van der Waals surface area contributed by atoms with Gasteiger partial charge in [0, 0.05) is 49.1 Å². The first-order chi connectivity index (χ1) is 27.8. The number of hydrogen-bond acceptors (Lipinski definition) is 4. The molecule has 6 nitrogen and oxygen atoms in total. The molecule has 238 valence electrons. The molecule has 0 atom stereocenters. The van der Waals surface area contributed by atoms with Crippen molar-refractivity contribution in [2.24, 2.45) is 0 Å². The van der Waals surface area contributed by atoms with Gasteiger partial charge in [0.2, 0.25) is 5.95 Å². The second kappa shape index (κ2) is 10.7. The smallest absolute Gasteiger partial charge is 0.238 e. The van der Waals surface area contributed by atoms with Gasteiger partial charge in [-0.25, -0.2) is 4.98 Å². The van der Waals surface area contributed by atoms with Crippen LogP contribution in [0.5, 0.6) is 0 Å². The van der Waals surface area contributed by atoms with Crippen LogP contribution in [0.2, 0.25) is 0 Å². The summed E-state index contributed by atoms with van der Waals surface area (Å²) in [7, 11) is 0. The summed E-state index contributed by atoms with van der Waals surface area (Å²) in [5.41, 5.74) is 6.00. The molecule has 0 saturated carbocycles. The summed E-state index contributed by atoms with van der Waals surface area (Å²) in [6, 6.07) is 39.4. The third-order valence-electron chi connectivity index (χ3n) is 9.54. The largest absolute Gasteiger partial charge is 0.456 e. The minimum absolute atomic E-state index is 0.0553. The molecule has 0 spiro atoms. The molecule has 11 rings (SSSR count). The Balaban J connectivity index is 1.27. The highest BCUT2D eigenvalue weighted by Gasteiger charge is 2.21. The van der Waals surface area contributed by atoms with Gasteiger partial charge in [-0.1, -0.05) is 109 Å². The fourth-order valence-corrected chi connectivity index (χ4v) is 7.35. The van der Waals surface area contributed by atoms with Crippen LogP contribution in [-0.2, 0) is 0 Å². The molecular weight excluding hydrogens is 627 g/mol. The van der Waals surface area contributed by atoms with Crippen LogP contribution in [0.1, 0.15) is 8.22 Å². The highest BCUT2D eigenvalue weighted by atomic mass is 16.3. The predicted molar refractivity (Wildman–Crippen MR) is 207 cm³/mol. The van der Waals surface area contributed by atoms with Gasteiger partial charge >= 0.3 is 0 Å². The number of nitrogens with zero attached hydrogens (tertiary/aromatic N) is 5. The molecule has 0 bridgehead atoms. The average molecular weight is 660 g/mol. The lowest BCUT2D eigenvalue weighted by Gasteiger charge is -2.12. The van der Waals surface area contributed by atoms with E-state index in [-0.39, 0.29) is 64.0 Å². The van der Waals surface area contributed by atoms with Crippen molar-refractivity contribution in [2.45, 2.75) is 0 Å². The van der Waals surface area contributed by atoms with E-state index in [2.05, 4.69) is 34.9 Å². The van der Waals surface area contributed by atoms with Crippen LogP contribution in [0.15, 0.2) is 168 Å². The molecule has 11 aromatic rings. The first-order valence-corrected chi connectivity index (χ1v) is 16.5. The summed E-state index contributed by atoms with van der Waals surface area (Å²) in [5, 5.41) is 4.06. The number of para-hydroxylation sites is 5. The topological polar surface area (TPSA) is 61.7 Å². The fraction of sp³-hybridized carbons (Fsp3) is 0. The highest BCUT2D eigenvalue weighted by molar-refractivity contribution is 6.15. The highest BCUT2D eigenvalue weighted by Crippen LogP contribution is 2.39. The van der Waals surface area contributed by atoms with E-state index in [1.807, 2.05) is 84.9 Å². The average Bonchev–Trinajstić information content (AvgIpc) is 3.91. The van der Waals surface area contributed by atoms with Gasteiger partial charge in [0.1, 0.15) is 11.2 Å². The molecule has 51 heavy (non-hydrogen) atoms. The maximum Gasteiger partial charge on any atom is 0.238 e. The lowest BCUT2D eigenvalue weighted by atomic mass is 10.1. The van der Waals surface area contributed by atoms with Crippen molar-refractivity contribution in [3.05, 3.63) is 164 Å². The summed E-state index contributed by atoms with van der Waals surface area (Å²) >= 11 is 0. The Morgan fingerprint density at radius 1 is 0.471 bits per heavy atom. The maximum atomic E-state index is 9.10. The quantitative estimate of drug-likeness (QED) is 0.189. The zero-order chi connectivity index (χ0) is 38.7. The SMILES string of the molecule is [2H]c1cc([2H])c2c(c1[2H])c1c([2H])c([2H])cc([2H])c1n2-c1nc(-c2ccc3c(c2)oc2ccccc23)nc(-c2cccc3c2c2ccccc2n3-c2ccccc2)n1. The van der Waals surface area contributed by atoms with Crippen molar-refractivity contribution in [3.63, 3.8) is 0 Å². The van der Waals surface area contributed by atoms with Gasteiger partial charge in [-0.3, -0.25) is 4.57 Å². The van der Waals surface area contributed by atoms with Gasteiger partial charge in [-0.2, -0.15) is 9.97 Å². The van der Waals surface area contributed by atoms with Crippen LogP contribution in [0.4, 0.5) is 0 Å². The van der Waals surface area contributed by atoms with Crippen molar-refractivity contribution >= 4 is 65.6 Å². The molecule has 6 heteroatoms. The first-order valence-electron chi connectivity index (χ1n) is 19.5. The van der Waals surface area contributed by atoms with E-state index in [1.54, 1.807) is 0 Å². The molecule has 0 saturated heterocycles. The van der Waals surface area contributed by atoms with Crippen molar-refractivity contribution < 1.29 is 12.6 Å². The molecule has 4 aromatic heterocycles. The molecule has 0 aliphatic rings. The van der Waals surface area contributed by atoms with E-state index in [9.17, 15) is 0 Å². The number of hydrogen-bond donors (Lipinski definition) is 0. The van der Waals surface area contributed by atoms with Crippen molar-refractivity contribution in [1.29, 1.82) is 0 Å². The Hall–Kier alpha value is -7.05. The second-order valence-electron chi connectivity index (χ2n) is 12.4. The summed E-state index contributed by atoms with van der Waals surface area (Å²) in [4.78, 5) is 15.3. The van der Waals surface area contributed by atoms with Crippen molar-refractivity contribution in [1.82, 2.24) is 24.1 Å². The molecule has 0 amide bonds. The Morgan fingerprint density at radius 3 is 1.98 bits per heavy atom. The molecular formula is C45H27N5O. The number of rotatable bonds is 4. The zero-order valence-electron chi connectivity index (χ0n) is 32.8. The Labute approximate surface area is 299 Å². The monoisotopic (exact) mass is 659 g/mol.